The van der Waals surface area contributed by atoms with E-state index in [4.69, 9.17) is 0 Å². The number of fused-ring (bicyclic) bond motifs is 1. The standard InChI is InChI=1S/C18H22BrN5O/c1-11(2)16-15(19)17(23-22-16)18(25)20-9-6-10-24-12(3)21-13-7-4-5-8-14(13)24/h4-5,7-8,11H,6,9-10H2,1-3H3,(H,20,25)(H,22,23). The maximum absolute atomic E-state index is 12.3. The number of amides is 1. The molecule has 25 heavy (non-hydrogen) atoms. The van der Waals surface area contributed by atoms with E-state index in [1.807, 2.05) is 25.1 Å². The van der Waals surface area contributed by atoms with Gasteiger partial charge in [-0.15, -0.1) is 0 Å². The molecule has 0 fully saturated rings. The van der Waals surface area contributed by atoms with Crippen molar-refractivity contribution < 1.29 is 4.79 Å². The first kappa shape index (κ1) is 17.7. The Morgan fingerprint density at radius 2 is 2.12 bits per heavy atom. The summed E-state index contributed by atoms with van der Waals surface area (Å²) in [7, 11) is 0. The van der Waals surface area contributed by atoms with Crippen molar-refractivity contribution >= 4 is 32.9 Å². The van der Waals surface area contributed by atoms with Crippen LogP contribution < -0.4 is 5.32 Å². The zero-order valence-electron chi connectivity index (χ0n) is 14.6. The van der Waals surface area contributed by atoms with E-state index in [0.717, 1.165) is 40.0 Å². The summed E-state index contributed by atoms with van der Waals surface area (Å²) in [6, 6.07) is 8.10. The number of nitrogens with one attached hydrogen (secondary N) is 2. The first-order valence-electron chi connectivity index (χ1n) is 8.43. The Morgan fingerprint density at radius 3 is 2.84 bits per heavy atom. The number of para-hydroxylation sites is 2. The van der Waals surface area contributed by atoms with Crippen LogP contribution in [0.3, 0.4) is 0 Å². The monoisotopic (exact) mass is 403 g/mol. The third kappa shape index (κ3) is 3.61. The number of aromatic nitrogens is 4. The second-order valence-corrected chi connectivity index (χ2v) is 7.16. The quantitative estimate of drug-likeness (QED) is 0.614. The summed E-state index contributed by atoms with van der Waals surface area (Å²) in [5.41, 5.74) is 3.48. The third-order valence-corrected chi connectivity index (χ3v) is 5.02. The highest BCUT2D eigenvalue weighted by molar-refractivity contribution is 9.10. The van der Waals surface area contributed by atoms with Gasteiger partial charge in [-0.1, -0.05) is 26.0 Å². The minimum atomic E-state index is -0.165. The van der Waals surface area contributed by atoms with Crippen LogP contribution in [0.2, 0.25) is 0 Å². The van der Waals surface area contributed by atoms with E-state index in [2.05, 4.69) is 60.9 Å². The lowest BCUT2D eigenvalue weighted by Gasteiger charge is -2.08. The number of benzene rings is 1. The van der Waals surface area contributed by atoms with Crippen LogP contribution in [0.1, 0.15) is 48.2 Å². The summed E-state index contributed by atoms with van der Waals surface area (Å²) in [5.74, 6) is 1.10. The molecule has 6 nitrogen and oxygen atoms in total. The number of hydrogen-bond donors (Lipinski definition) is 2. The molecule has 0 saturated heterocycles. The molecule has 3 rings (SSSR count). The molecule has 2 aromatic heterocycles. The molecule has 0 unspecified atom stereocenters. The molecule has 0 bridgehead atoms. The van der Waals surface area contributed by atoms with E-state index in [1.54, 1.807) is 0 Å². The maximum atomic E-state index is 12.3. The molecule has 0 atom stereocenters. The van der Waals surface area contributed by atoms with Crippen LogP contribution in [0.5, 0.6) is 0 Å². The third-order valence-electron chi connectivity index (χ3n) is 4.21. The predicted molar refractivity (Wildman–Crippen MR) is 102 cm³/mol. The molecular formula is C18H22BrN5O. The molecule has 132 valence electrons. The fourth-order valence-electron chi connectivity index (χ4n) is 2.88. The zero-order chi connectivity index (χ0) is 18.0. The van der Waals surface area contributed by atoms with Crippen LogP contribution in [-0.2, 0) is 6.54 Å². The van der Waals surface area contributed by atoms with Crippen molar-refractivity contribution in [1.29, 1.82) is 0 Å². The van der Waals surface area contributed by atoms with E-state index < -0.39 is 0 Å². The van der Waals surface area contributed by atoms with Crippen LogP contribution in [0.25, 0.3) is 11.0 Å². The number of imidazole rings is 1. The summed E-state index contributed by atoms with van der Waals surface area (Å²) >= 11 is 3.46. The number of H-pyrrole nitrogens is 1. The topological polar surface area (TPSA) is 75.6 Å². The van der Waals surface area contributed by atoms with Crippen molar-refractivity contribution in [3.05, 3.63) is 46.0 Å². The number of aromatic amines is 1. The summed E-state index contributed by atoms with van der Waals surface area (Å²) in [5, 5.41) is 9.98. The summed E-state index contributed by atoms with van der Waals surface area (Å²) in [6.07, 6.45) is 0.825. The normalized spacial score (nSPS) is 11.4. The molecular weight excluding hydrogens is 382 g/mol. The SMILES string of the molecule is Cc1nc2ccccc2n1CCCNC(=O)c1n[nH]c(C(C)C)c1Br. The van der Waals surface area contributed by atoms with Crippen molar-refractivity contribution in [2.24, 2.45) is 0 Å². The maximum Gasteiger partial charge on any atom is 0.272 e. The number of carbonyl (C=O) groups is 1. The van der Waals surface area contributed by atoms with Gasteiger partial charge in [-0.2, -0.15) is 5.10 Å². The van der Waals surface area contributed by atoms with Gasteiger partial charge in [0, 0.05) is 13.1 Å². The Balaban J connectivity index is 1.58. The lowest BCUT2D eigenvalue weighted by molar-refractivity contribution is 0.0947. The van der Waals surface area contributed by atoms with Crippen molar-refractivity contribution in [2.75, 3.05) is 6.54 Å². The van der Waals surface area contributed by atoms with Gasteiger partial charge in [-0.3, -0.25) is 9.89 Å². The highest BCUT2D eigenvalue weighted by Gasteiger charge is 2.18. The van der Waals surface area contributed by atoms with Crippen LogP contribution >= 0.6 is 15.9 Å². The van der Waals surface area contributed by atoms with Gasteiger partial charge in [0.15, 0.2) is 5.69 Å². The second-order valence-electron chi connectivity index (χ2n) is 6.36. The molecule has 2 N–H and O–H groups in total. The number of halogens is 1. The molecule has 0 aliphatic carbocycles. The van der Waals surface area contributed by atoms with Gasteiger partial charge in [0.25, 0.3) is 5.91 Å². The minimum absolute atomic E-state index is 0.165. The molecule has 7 heteroatoms. The molecule has 2 heterocycles. The molecule has 0 saturated carbocycles. The Morgan fingerprint density at radius 1 is 1.36 bits per heavy atom. The van der Waals surface area contributed by atoms with Gasteiger partial charge >= 0.3 is 0 Å². The molecule has 0 radical (unpaired) electrons. The van der Waals surface area contributed by atoms with E-state index in [-0.39, 0.29) is 11.8 Å². The van der Waals surface area contributed by atoms with Crippen LogP contribution in [0, 0.1) is 6.92 Å². The van der Waals surface area contributed by atoms with Gasteiger partial charge in [-0.25, -0.2) is 4.98 Å². The summed E-state index contributed by atoms with van der Waals surface area (Å²) in [4.78, 5) is 16.9. The second kappa shape index (κ2) is 7.39. The van der Waals surface area contributed by atoms with Gasteiger partial charge in [0.2, 0.25) is 0 Å². The highest BCUT2D eigenvalue weighted by Crippen LogP contribution is 2.25. The van der Waals surface area contributed by atoms with E-state index in [9.17, 15) is 4.79 Å². The van der Waals surface area contributed by atoms with Gasteiger partial charge < -0.3 is 9.88 Å². The predicted octanol–water partition coefficient (Wildman–Crippen LogP) is 3.77. The van der Waals surface area contributed by atoms with Gasteiger partial charge in [-0.05, 0) is 47.3 Å². The smallest absolute Gasteiger partial charge is 0.272 e. The van der Waals surface area contributed by atoms with Crippen molar-refractivity contribution in [3.8, 4) is 0 Å². The highest BCUT2D eigenvalue weighted by atomic mass is 79.9. The average molecular weight is 404 g/mol. The largest absolute Gasteiger partial charge is 0.351 e. The zero-order valence-corrected chi connectivity index (χ0v) is 16.2. The number of rotatable bonds is 6. The van der Waals surface area contributed by atoms with E-state index in [0.29, 0.717) is 12.2 Å². The van der Waals surface area contributed by atoms with Crippen molar-refractivity contribution in [1.82, 2.24) is 25.1 Å². The molecule has 0 aliphatic rings. The number of aryl methyl sites for hydroxylation is 2. The van der Waals surface area contributed by atoms with Gasteiger partial charge in [0.1, 0.15) is 5.82 Å². The first-order chi connectivity index (χ1) is 12.0. The fraction of sp³-hybridized carbons (Fsp3) is 0.389. The van der Waals surface area contributed by atoms with E-state index in [1.165, 1.54) is 0 Å². The number of hydrogen-bond acceptors (Lipinski definition) is 3. The minimum Gasteiger partial charge on any atom is -0.351 e. The van der Waals surface area contributed by atoms with Crippen LogP contribution in [0.15, 0.2) is 28.7 Å². The molecule has 1 amide bonds. The first-order valence-corrected chi connectivity index (χ1v) is 9.22. The molecule has 3 aromatic rings. The summed E-state index contributed by atoms with van der Waals surface area (Å²) < 4.78 is 2.93. The lowest BCUT2D eigenvalue weighted by atomic mass is 10.1. The Hall–Kier alpha value is -2.15. The van der Waals surface area contributed by atoms with Crippen LogP contribution in [0.4, 0.5) is 0 Å². The lowest BCUT2D eigenvalue weighted by Crippen LogP contribution is -2.26. The fourth-order valence-corrected chi connectivity index (χ4v) is 3.69. The Bertz CT molecular complexity index is 896. The average Bonchev–Trinajstić information content (AvgIpc) is 3.11. The van der Waals surface area contributed by atoms with Crippen LogP contribution in [-0.4, -0.2) is 32.2 Å². The number of carbonyl (C=O) groups excluding carboxylic acids is 1. The Labute approximate surface area is 155 Å². The Kier molecular flexibility index (Phi) is 5.22. The number of nitrogens with zero attached hydrogens (tertiary/aromatic N) is 3. The molecule has 1 aromatic carbocycles. The van der Waals surface area contributed by atoms with E-state index >= 15 is 0 Å². The molecule has 0 spiro atoms. The molecule has 0 aliphatic heterocycles. The van der Waals surface area contributed by atoms with Gasteiger partial charge in [0.05, 0.1) is 21.2 Å². The summed E-state index contributed by atoms with van der Waals surface area (Å²) in [6.45, 7) is 7.51. The van der Waals surface area contributed by atoms with Crippen molar-refractivity contribution in [2.45, 2.75) is 39.7 Å². The van der Waals surface area contributed by atoms with Crippen molar-refractivity contribution in [3.63, 3.8) is 0 Å².